The van der Waals surface area contributed by atoms with Gasteiger partial charge in [0.1, 0.15) is 5.78 Å². The summed E-state index contributed by atoms with van der Waals surface area (Å²) in [5, 5.41) is 11.9. The minimum atomic E-state index is 0.155. The van der Waals surface area contributed by atoms with E-state index in [1.807, 2.05) is 38.1 Å². The van der Waals surface area contributed by atoms with Crippen LogP contribution in [0.15, 0.2) is 47.7 Å². The lowest BCUT2D eigenvalue weighted by Crippen LogP contribution is -2.19. The van der Waals surface area contributed by atoms with E-state index in [1.165, 1.54) is 0 Å². The van der Waals surface area contributed by atoms with E-state index in [1.54, 1.807) is 13.1 Å². The molecule has 0 radical (unpaired) electrons. The molecule has 1 rings (SSSR count). The van der Waals surface area contributed by atoms with Crippen LogP contribution in [0, 0.1) is 0 Å². The van der Waals surface area contributed by atoms with Crippen LogP contribution >= 0.6 is 0 Å². The van der Waals surface area contributed by atoms with Gasteiger partial charge in [0.15, 0.2) is 0 Å². The minimum Gasteiger partial charge on any atom is -0.396 e. The Labute approximate surface area is 138 Å². The molecule has 1 aromatic rings. The molecule has 0 atom stereocenters. The third kappa shape index (κ3) is 7.06. The van der Waals surface area contributed by atoms with Crippen molar-refractivity contribution in [3.63, 3.8) is 0 Å². The topological polar surface area (TPSA) is 61.7 Å². The summed E-state index contributed by atoms with van der Waals surface area (Å²) >= 11 is 0. The SMILES string of the molecule is C=C(NCCCO)C(C)=N/C=C(\C)c1cccc(CC(C)=O)c1. The van der Waals surface area contributed by atoms with Crippen LogP contribution in [0.4, 0.5) is 0 Å². The summed E-state index contributed by atoms with van der Waals surface area (Å²) in [7, 11) is 0. The molecule has 23 heavy (non-hydrogen) atoms. The maximum atomic E-state index is 11.2. The number of Topliss-reactive ketones (excluding diaryl/α,β-unsaturated/α-hetero) is 1. The highest BCUT2D eigenvalue weighted by Crippen LogP contribution is 2.16. The van der Waals surface area contributed by atoms with Crippen LogP contribution in [-0.2, 0) is 11.2 Å². The summed E-state index contributed by atoms with van der Waals surface area (Å²) in [6, 6.07) is 7.94. The molecular formula is C19H26N2O2. The Morgan fingerprint density at radius 2 is 2.09 bits per heavy atom. The van der Waals surface area contributed by atoms with E-state index < -0.39 is 0 Å². The first-order chi connectivity index (χ1) is 10.9. The molecule has 0 unspecified atom stereocenters. The van der Waals surface area contributed by atoms with Gasteiger partial charge in [0.05, 0.1) is 5.71 Å². The maximum absolute atomic E-state index is 11.2. The van der Waals surface area contributed by atoms with Gasteiger partial charge >= 0.3 is 0 Å². The molecule has 1 aromatic carbocycles. The molecule has 0 heterocycles. The fraction of sp³-hybridized carbons (Fsp3) is 0.368. The van der Waals surface area contributed by atoms with Gasteiger partial charge in [-0.1, -0.05) is 30.8 Å². The molecule has 2 N–H and O–H groups in total. The van der Waals surface area contributed by atoms with Gasteiger partial charge in [0, 0.05) is 31.5 Å². The number of carbonyl (C=O) groups excluding carboxylic acids is 1. The van der Waals surface area contributed by atoms with Crippen molar-refractivity contribution in [2.75, 3.05) is 13.2 Å². The standard InChI is InChI=1S/C19H26N2O2/c1-14(13-21-17(4)16(3)20-9-6-10-22)19-8-5-7-18(12-19)11-15(2)23/h5,7-8,12-13,20,22H,3,6,9-11H2,1-2,4H3/b14-13+,21-17?. The number of rotatable bonds is 9. The Kier molecular flexibility index (Phi) is 7.98. The first-order valence-corrected chi connectivity index (χ1v) is 7.78. The van der Waals surface area contributed by atoms with Gasteiger partial charge < -0.3 is 10.4 Å². The van der Waals surface area contributed by atoms with Gasteiger partial charge in [-0.25, -0.2) is 0 Å². The number of hydrogen-bond acceptors (Lipinski definition) is 4. The first-order valence-electron chi connectivity index (χ1n) is 7.78. The molecule has 0 saturated heterocycles. The number of nitrogens with one attached hydrogen (secondary N) is 1. The number of ketones is 1. The molecule has 0 spiro atoms. The highest BCUT2D eigenvalue weighted by Gasteiger charge is 2.01. The van der Waals surface area contributed by atoms with Crippen molar-refractivity contribution >= 4 is 17.1 Å². The van der Waals surface area contributed by atoms with Crippen LogP contribution in [-0.4, -0.2) is 29.8 Å². The van der Waals surface area contributed by atoms with E-state index in [-0.39, 0.29) is 12.4 Å². The first kappa shape index (κ1) is 18.8. The molecule has 0 aliphatic carbocycles. The average Bonchev–Trinajstić information content (AvgIpc) is 2.52. The Balaban J connectivity index is 2.77. The van der Waals surface area contributed by atoms with Crippen LogP contribution in [0.5, 0.6) is 0 Å². The van der Waals surface area contributed by atoms with Crippen molar-refractivity contribution in [1.29, 1.82) is 0 Å². The molecule has 0 fully saturated rings. The maximum Gasteiger partial charge on any atom is 0.134 e. The van der Waals surface area contributed by atoms with Gasteiger partial charge in [-0.05, 0) is 43.9 Å². The highest BCUT2D eigenvalue weighted by molar-refractivity contribution is 5.97. The lowest BCUT2D eigenvalue weighted by molar-refractivity contribution is -0.116. The smallest absolute Gasteiger partial charge is 0.134 e. The Morgan fingerprint density at radius 3 is 2.74 bits per heavy atom. The largest absolute Gasteiger partial charge is 0.396 e. The number of aliphatic hydroxyl groups is 1. The van der Waals surface area contributed by atoms with Gasteiger partial charge in [-0.15, -0.1) is 0 Å². The number of aliphatic hydroxyl groups excluding tert-OH is 1. The van der Waals surface area contributed by atoms with E-state index in [2.05, 4.69) is 16.9 Å². The molecule has 0 aromatic heterocycles. The summed E-state index contributed by atoms with van der Waals surface area (Å²) < 4.78 is 0. The second-order valence-electron chi connectivity index (χ2n) is 5.59. The summed E-state index contributed by atoms with van der Waals surface area (Å²) in [5.41, 5.74) is 4.66. The van der Waals surface area contributed by atoms with Crippen molar-refractivity contribution < 1.29 is 9.90 Å². The van der Waals surface area contributed by atoms with Crippen molar-refractivity contribution in [1.82, 2.24) is 5.32 Å². The van der Waals surface area contributed by atoms with E-state index in [9.17, 15) is 4.79 Å². The Bertz CT molecular complexity index is 616. The van der Waals surface area contributed by atoms with Crippen LogP contribution in [0.2, 0.25) is 0 Å². The zero-order valence-electron chi connectivity index (χ0n) is 14.2. The van der Waals surface area contributed by atoms with Gasteiger partial charge in [-0.3, -0.25) is 9.79 Å². The van der Waals surface area contributed by atoms with Crippen LogP contribution in [0.1, 0.15) is 38.3 Å². The van der Waals surface area contributed by atoms with Crippen molar-refractivity contribution in [3.05, 3.63) is 53.9 Å². The lowest BCUT2D eigenvalue weighted by atomic mass is 10.0. The minimum absolute atomic E-state index is 0.155. The Morgan fingerprint density at radius 1 is 1.35 bits per heavy atom. The predicted octanol–water partition coefficient (Wildman–Crippen LogP) is 3.13. The van der Waals surface area contributed by atoms with Gasteiger partial charge in [0.2, 0.25) is 0 Å². The van der Waals surface area contributed by atoms with E-state index in [4.69, 9.17) is 5.11 Å². The summed E-state index contributed by atoms with van der Waals surface area (Å²) in [6.07, 6.45) is 2.94. The monoisotopic (exact) mass is 314 g/mol. The third-order valence-corrected chi connectivity index (χ3v) is 3.40. The second kappa shape index (κ2) is 9.74. The number of nitrogens with zero attached hydrogens (tertiary/aromatic N) is 1. The van der Waals surface area contributed by atoms with Gasteiger partial charge in [0.25, 0.3) is 0 Å². The zero-order valence-corrected chi connectivity index (χ0v) is 14.2. The third-order valence-electron chi connectivity index (χ3n) is 3.40. The van der Waals surface area contributed by atoms with Crippen molar-refractivity contribution in [2.45, 2.75) is 33.6 Å². The molecule has 0 bridgehead atoms. The predicted molar refractivity (Wildman–Crippen MR) is 96.4 cm³/mol. The number of benzene rings is 1. The molecule has 0 aliphatic rings. The summed E-state index contributed by atoms with van der Waals surface area (Å²) in [6.45, 7) is 10.3. The highest BCUT2D eigenvalue weighted by atomic mass is 16.3. The fourth-order valence-corrected chi connectivity index (χ4v) is 2.01. The van der Waals surface area contributed by atoms with Crippen molar-refractivity contribution in [2.24, 2.45) is 4.99 Å². The quantitative estimate of drug-likeness (QED) is 0.544. The van der Waals surface area contributed by atoms with Gasteiger partial charge in [-0.2, -0.15) is 0 Å². The normalized spacial score (nSPS) is 12.2. The lowest BCUT2D eigenvalue weighted by Gasteiger charge is -2.08. The molecule has 0 amide bonds. The summed E-state index contributed by atoms with van der Waals surface area (Å²) in [5.74, 6) is 0.155. The average molecular weight is 314 g/mol. The van der Waals surface area contributed by atoms with E-state index in [0.717, 1.165) is 28.1 Å². The zero-order chi connectivity index (χ0) is 17.2. The number of allylic oxidation sites excluding steroid dienone is 2. The van der Waals surface area contributed by atoms with E-state index in [0.29, 0.717) is 19.4 Å². The van der Waals surface area contributed by atoms with Crippen LogP contribution < -0.4 is 5.32 Å². The second-order valence-corrected chi connectivity index (χ2v) is 5.59. The number of aliphatic imine (C=N–C) groups is 1. The summed E-state index contributed by atoms with van der Waals surface area (Å²) in [4.78, 5) is 15.7. The fourth-order valence-electron chi connectivity index (χ4n) is 2.01. The molecule has 124 valence electrons. The molecular weight excluding hydrogens is 288 g/mol. The molecule has 0 aliphatic heterocycles. The Hall–Kier alpha value is -2.20. The van der Waals surface area contributed by atoms with Crippen LogP contribution in [0.25, 0.3) is 5.57 Å². The van der Waals surface area contributed by atoms with Crippen LogP contribution in [0.3, 0.4) is 0 Å². The molecule has 0 saturated carbocycles. The molecule has 4 nitrogen and oxygen atoms in total. The number of hydrogen-bond donors (Lipinski definition) is 2. The van der Waals surface area contributed by atoms with Crippen molar-refractivity contribution in [3.8, 4) is 0 Å². The molecule has 4 heteroatoms. The van der Waals surface area contributed by atoms with E-state index >= 15 is 0 Å². The number of carbonyl (C=O) groups is 1.